The van der Waals surface area contributed by atoms with E-state index in [1.165, 1.54) is 0 Å². The second-order valence-electron chi connectivity index (χ2n) is 7.20. The number of carbonyl (C=O) groups excluding carboxylic acids is 1. The minimum atomic E-state index is -1.18. The fraction of sp³-hybridized carbons (Fsp3) is 0.450. The van der Waals surface area contributed by atoms with Gasteiger partial charge in [0.25, 0.3) is 5.91 Å². The average Bonchev–Trinajstić information content (AvgIpc) is 3.07. The fourth-order valence-electron chi connectivity index (χ4n) is 3.30. The van der Waals surface area contributed by atoms with Crippen LogP contribution in [0.2, 0.25) is 0 Å². The van der Waals surface area contributed by atoms with E-state index >= 15 is 0 Å². The number of aliphatic carboxylic acids is 1. The van der Waals surface area contributed by atoms with E-state index in [0.29, 0.717) is 36.7 Å². The van der Waals surface area contributed by atoms with Crippen LogP contribution >= 0.6 is 11.3 Å². The molecule has 0 radical (unpaired) electrons. The summed E-state index contributed by atoms with van der Waals surface area (Å²) in [6.07, 6.45) is 2.49. The van der Waals surface area contributed by atoms with E-state index in [-0.39, 0.29) is 5.91 Å². The van der Waals surface area contributed by atoms with Crippen LogP contribution in [0.15, 0.2) is 29.6 Å². The van der Waals surface area contributed by atoms with Crippen LogP contribution < -0.4 is 10.1 Å². The standard InChI is InChI=1S/C20H24N2O4S/c1-13-6-8-20(9-7-13,19(24)25)22-18(23)15-4-3-5-17(10-15)26-11-16-12-27-14(2)21-16/h3-5,10,12-13H,6-9,11H2,1-2H3,(H,22,23)(H,24,25). The molecule has 1 aliphatic carbocycles. The Hall–Kier alpha value is -2.41. The number of thiazole rings is 1. The van der Waals surface area contributed by atoms with Gasteiger partial charge in [-0.05, 0) is 56.7 Å². The first-order chi connectivity index (χ1) is 12.9. The minimum absolute atomic E-state index is 0.326. The van der Waals surface area contributed by atoms with Gasteiger partial charge >= 0.3 is 5.97 Å². The highest BCUT2D eigenvalue weighted by Crippen LogP contribution is 2.32. The Labute approximate surface area is 162 Å². The molecule has 1 aromatic heterocycles. The quantitative estimate of drug-likeness (QED) is 0.786. The van der Waals surface area contributed by atoms with Crippen molar-refractivity contribution < 1.29 is 19.4 Å². The smallest absolute Gasteiger partial charge is 0.329 e. The number of benzene rings is 1. The van der Waals surface area contributed by atoms with E-state index in [0.717, 1.165) is 23.5 Å². The number of nitrogens with one attached hydrogen (secondary N) is 1. The Kier molecular flexibility index (Phi) is 5.79. The van der Waals surface area contributed by atoms with Crippen molar-refractivity contribution in [2.24, 2.45) is 5.92 Å². The number of carboxylic acid groups (broad SMARTS) is 1. The second-order valence-corrected chi connectivity index (χ2v) is 8.26. The zero-order valence-electron chi connectivity index (χ0n) is 15.5. The van der Waals surface area contributed by atoms with Gasteiger partial charge in [-0.25, -0.2) is 9.78 Å². The third kappa shape index (κ3) is 4.66. The summed E-state index contributed by atoms with van der Waals surface area (Å²) >= 11 is 1.56. The van der Waals surface area contributed by atoms with Crippen molar-refractivity contribution in [3.05, 3.63) is 45.9 Å². The molecule has 0 saturated heterocycles. The first-order valence-corrected chi connectivity index (χ1v) is 9.96. The van der Waals surface area contributed by atoms with Gasteiger partial charge in [-0.1, -0.05) is 13.0 Å². The molecule has 0 aliphatic heterocycles. The van der Waals surface area contributed by atoms with Crippen molar-refractivity contribution in [1.82, 2.24) is 10.3 Å². The normalized spacial score (nSPS) is 22.2. The molecule has 2 aromatic rings. The number of aryl methyl sites for hydroxylation is 1. The maximum Gasteiger partial charge on any atom is 0.329 e. The molecule has 0 spiro atoms. The van der Waals surface area contributed by atoms with E-state index in [9.17, 15) is 14.7 Å². The van der Waals surface area contributed by atoms with Gasteiger partial charge in [0.1, 0.15) is 17.9 Å². The summed E-state index contributed by atoms with van der Waals surface area (Å²) in [5.74, 6) is -0.314. The molecule has 27 heavy (non-hydrogen) atoms. The van der Waals surface area contributed by atoms with E-state index in [1.54, 1.807) is 35.6 Å². The van der Waals surface area contributed by atoms with E-state index in [4.69, 9.17) is 4.74 Å². The van der Waals surface area contributed by atoms with Gasteiger partial charge in [0.15, 0.2) is 0 Å². The lowest BCUT2D eigenvalue weighted by atomic mass is 9.77. The zero-order valence-corrected chi connectivity index (χ0v) is 16.3. The minimum Gasteiger partial charge on any atom is -0.487 e. The molecule has 1 fully saturated rings. The van der Waals surface area contributed by atoms with Crippen LogP contribution in [0, 0.1) is 12.8 Å². The molecule has 1 aliphatic rings. The number of carboxylic acids is 1. The van der Waals surface area contributed by atoms with Crippen molar-refractivity contribution in [3.63, 3.8) is 0 Å². The molecular formula is C20H24N2O4S. The van der Waals surface area contributed by atoms with Crippen LogP contribution in [-0.4, -0.2) is 27.5 Å². The lowest BCUT2D eigenvalue weighted by Crippen LogP contribution is -2.56. The van der Waals surface area contributed by atoms with Crippen LogP contribution in [-0.2, 0) is 11.4 Å². The topological polar surface area (TPSA) is 88.5 Å². The summed E-state index contributed by atoms with van der Waals surface area (Å²) in [6.45, 7) is 4.37. The van der Waals surface area contributed by atoms with Gasteiger partial charge in [0.2, 0.25) is 0 Å². The summed E-state index contributed by atoms with van der Waals surface area (Å²) < 4.78 is 5.72. The highest BCUT2D eigenvalue weighted by molar-refractivity contribution is 7.09. The largest absolute Gasteiger partial charge is 0.487 e. The number of hydrogen-bond acceptors (Lipinski definition) is 5. The van der Waals surface area contributed by atoms with Crippen molar-refractivity contribution in [3.8, 4) is 5.75 Å². The summed E-state index contributed by atoms with van der Waals surface area (Å²) in [5, 5.41) is 15.4. The van der Waals surface area contributed by atoms with Gasteiger partial charge in [-0.2, -0.15) is 0 Å². The summed E-state index contributed by atoms with van der Waals surface area (Å²) in [6, 6.07) is 6.80. The van der Waals surface area contributed by atoms with Crippen LogP contribution in [0.1, 0.15) is 53.7 Å². The van der Waals surface area contributed by atoms with Crippen molar-refractivity contribution >= 4 is 23.2 Å². The number of nitrogens with zero attached hydrogens (tertiary/aromatic N) is 1. The third-order valence-corrected chi connectivity index (χ3v) is 5.86. The molecule has 6 nitrogen and oxygen atoms in total. The summed E-state index contributed by atoms with van der Waals surface area (Å²) in [5.41, 5.74) is 0.0493. The monoisotopic (exact) mass is 388 g/mol. The number of carbonyl (C=O) groups is 2. The van der Waals surface area contributed by atoms with E-state index in [2.05, 4.69) is 17.2 Å². The Morgan fingerprint density at radius 2 is 2.11 bits per heavy atom. The number of aromatic nitrogens is 1. The molecule has 2 N–H and O–H groups in total. The highest BCUT2D eigenvalue weighted by atomic mass is 32.1. The van der Waals surface area contributed by atoms with Crippen LogP contribution in [0.3, 0.4) is 0 Å². The average molecular weight is 388 g/mol. The first kappa shape index (κ1) is 19.4. The van der Waals surface area contributed by atoms with Gasteiger partial charge in [0.05, 0.1) is 10.7 Å². The molecule has 0 atom stereocenters. The summed E-state index contributed by atoms with van der Waals surface area (Å²) in [7, 11) is 0. The molecule has 1 aromatic carbocycles. The van der Waals surface area contributed by atoms with Crippen LogP contribution in [0.25, 0.3) is 0 Å². The van der Waals surface area contributed by atoms with Gasteiger partial charge in [-0.15, -0.1) is 11.3 Å². The molecular weight excluding hydrogens is 364 g/mol. The lowest BCUT2D eigenvalue weighted by molar-refractivity contribution is -0.146. The van der Waals surface area contributed by atoms with Gasteiger partial charge in [0, 0.05) is 10.9 Å². The second kappa shape index (κ2) is 8.08. The Bertz CT molecular complexity index is 825. The number of hydrogen-bond donors (Lipinski definition) is 2. The van der Waals surface area contributed by atoms with Gasteiger partial charge < -0.3 is 15.2 Å². The number of amides is 1. The summed E-state index contributed by atoms with van der Waals surface area (Å²) in [4.78, 5) is 28.9. The molecule has 144 valence electrons. The lowest BCUT2D eigenvalue weighted by Gasteiger charge is -2.36. The van der Waals surface area contributed by atoms with Gasteiger partial charge in [-0.3, -0.25) is 4.79 Å². The third-order valence-electron chi connectivity index (χ3n) is 5.04. The number of ether oxygens (including phenoxy) is 1. The van der Waals surface area contributed by atoms with Crippen LogP contribution in [0.4, 0.5) is 0 Å². The molecule has 1 amide bonds. The van der Waals surface area contributed by atoms with Crippen molar-refractivity contribution in [1.29, 1.82) is 0 Å². The predicted molar refractivity (Wildman–Crippen MR) is 103 cm³/mol. The van der Waals surface area contributed by atoms with Crippen molar-refractivity contribution in [2.75, 3.05) is 0 Å². The predicted octanol–water partition coefficient (Wildman–Crippen LogP) is 3.79. The molecule has 3 rings (SSSR count). The van der Waals surface area contributed by atoms with E-state index < -0.39 is 11.5 Å². The maximum atomic E-state index is 12.7. The SMILES string of the molecule is Cc1nc(COc2cccc(C(=O)NC3(C(=O)O)CCC(C)CC3)c2)cs1. The number of rotatable bonds is 6. The van der Waals surface area contributed by atoms with Crippen molar-refractivity contribution in [2.45, 2.75) is 51.7 Å². The zero-order chi connectivity index (χ0) is 19.4. The molecule has 0 bridgehead atoms. The van der Waals surface area contributed by atoms with E-state index in [1.807, 2.05) is 12.3 Å². The Morgan fingerprint density at radius 3 is 2.74 bits per heavy atom. The highest BCUT2D eigenvalue weighted by Gasteiger charge is 2.42. The van der Waals surface area contributed by atoms with Crippen LogP contribution in [0.5, 0.6) is 5.75 Å². The molecule has 7 heteroatoms. The molecule has 0 unspecified atom stereocenters. The molecule has 1 heterocycles. The first-order valence-electron chi connectivity index (χ1n) is 9.08. The Morgan fingerprint density at radius 1 is 1.37 bits per heavy atom. The molecule has 1 saturated carbocycles. The Balaban J connectivity index is 1.68. The maximum absolute atomic E-state index is 12.7. The fourth-order valence-corrected chi connectivity index (χ4v) is 3.89.